The summed E-state index contributed by atoms with van der Waals surface area (Å²) in [6, 6.07) is 6.28. The van der Waals surface area contributed by atoms with Crippen LogP contribution in [0.25, 0.3) is 10.9 Å². The van der Waals surface area contributed by atoms with Crippen LogP contribution < -0.4 is 5.32 Å². The summed E-state index contributed by atoms with van der Waals surface area (Å²) in [5.74, 6) is 0.237. The predicted octanol–water partition coefficient (Wildman–Crippen LogP) is 2.44. The molecule has 0 saturated carbocycles. The second kappa shape index (κ2) is 5.77. The quantitative estimate of drug-likeness (QED) is 0.680. The Morgan fingerprint density at radius 1 is 1.39 bits per heavy atom. The van der Waals surface area contributed by atoms with Gasteiger partial charge in [0.2, 0.25) is 0 Å². The first-order chi connectivity index (χ1) is 10.9. The maximum Gasteiger partial charge on any atom is 0.270 e. The number of pyridine rings is 1. The molecule has 0 unspecified atom stereocenters. The maximum absolute atomic E-state index is 11.9. The molecule has 1 atom stereocenters. The third-order valence-corrected chi connectivity index (χ3v) is 6.39. The van der Waals surface area contributed by atoms with E-state index < -0.39 is 20.0 Å². The Balaban J connectivity index is 1.95. The fraction of sp³-hybridized carbons (Fsp3) is 0.400. The van der Waals surface area contributed by atoms with Crippen LogP contribution in [-0.2, 0) is 9.84 Å². The highest BCUT2D eigenvalue weighted by atomic mass is 32.2. The summed E-state index contributed by atoms with van der Waals surface area (Å²) >= 11 is 0. The molecular formula is C15H17N3O4S. The van der Waals surface area contributed by atoms with Gasteiger partial charge in [-0.15, -0.1) is 0 Å². The normalized spacial score (nSPS) is 19.8. The lowest BCUT2D eigenvalue weighted by atomic mass is 10.1. The monoisotopic (exact) mass is 335 g/mol. The smallest absolute Gasteiger partial charge is 0.270 e. The van der Waals surface area contributed by atoms with E-state index in [2.05, 4.69) is 10.3 Å². The number of nitro benzene ring substituents is 1. The molecule has 0 spiro atoms. The van der Waals surface area contributed by atoms with Gasteiger partial charge in [-0.2, -0.15) is 0 Å². The van der Waals surface area contributed by atoms with Crippen molar-refractivity contribution in [3.8, 4) is 0 Å². The second-order valence-electron chi connectivity index (χ2n) is 5.78. The minimum atomic E-state index is -3.03. The Hall–Kier alpha value is -2.22. The second-order valence-corrected chi connectivity index (χ2v) is 8.18. The lowest BCUT2D eigenvalue weighted by Gasteiger charge is -2.14. The van der Waals surface area contributed by atoms with E-state index in [0.717, 1.165) is 5.69 Å². The van der Waals surface area contributed by atoms with Gasteiger partial charge in [-0.1, -0.05) is 0 Å². The van der Waals surface area contributed by atoms with Crippen LogP contribution in [0.5, 0.6) is 0 Å². The molecule has 1 saturated heterocycles. The molecule has 23 heavy (non-hydrogen) atoms. The summed E-state index contributed by atoms with van der Waals surface area (Å²) in [5, 5.41) is 14.3. The summed E-state index contributed by atoms with van der Waals surface area (Å²) in [4.78, 5) is 14.9. The molecule has 7 nitrogen and oxygen atoms in total. The van der Waals surface area contributed by atoms with Crippen LogP contribution in [0.1, 0.15) is 18.5 Å². The summed E-state index contributed by atoms with van der Waals surface area (Å²) in [6.45, 7) is 2.14. The highest BCUT2D eigenvalue weighted by Crippen LogP contribution is 2.28. The van der Waals surface area contributed by atoms with E-state index in [0.29, 0.717) is 36.0 Å². The molecule has 0 radical (unpaired) electrons. The predicted molar refractivity (Wildman–Crippen MR) is 88.4 cm³/mol. The molecule has 122 valence electrons. The third-order valence-electron chi connectivity index (χ3n) is 4.11. The zero-order valence-electron chi connectivity index (χ0n) is 12.7. The van der Waals surface area contributed by atoms with E-state index in [1.807, 2.05) is 6.92 Å². The van der Waals surface area contributed by atoms with E-state index >= 15 is 0 Å². The number of nitrogens with one attached hydrogen (secondary N) is 1. The minimum absolute atomic E-state index is 0.0142. The topological polar surface area (TPSA) is 102 Å². The molecule has 1 aromatic heterocycles. The van der Waals surface area contributed by atoms with Crippen molar-refractivity contribution in [1.82, 2.24) is 4.98 Å². The average molecular weight is 335 g/mol. The van der Waals surface area contributed by atoms with E-state index in [-0.39, 0.29) is 11.4 Å². The summed E-state index contributed by atoms with van der Waals surface area (Å²) in [7, 11) is -3.03. The lowest BCUT2D eigenvalue weighted by Crippen LogP contribution is -2.25. The molecule has 0 amide bonds. The number of hydrogen-bond acceptors (Lipinski definition) is 6. The number of rotatable bonds is 4. The summed E-state index contributed by atoms with van der Waals surface area (Å²) in [5.41, 5.74) is 2.08. The fourth-order valence-electron chi connectivity index (χ4n) is 2.92. The van der Waals surface area contributed by atoms with Gasteiger partial charge in [-0.05, 0) is 31.9 Å². The SMILES string of the molecule is Cc1cc(NC[C@H]2CCCS2(=O)=O)c2cc([N+](=O)[O-])ccc2n1. The van der Waals surface area contributed by atoms with Crippen molar-refractivity contribution in [3.63, 3.8) is 0 Å². The number of aryl methyl sites for hydroxylation is 1. The van der Waals surface area contributed by atoms with Gasteiger partial charge in [0.05, 0.1) is 21.4 Å². The van der Waals surface area contributed by atoms with Gasteiger partial charge in [0.1, 0.15) is 0 Å². The fourth-order valence-corrected chi connectivity index (χ4v) is 4.68. The number of nitro groups is 1. The zero-order valence-corrected chi connectivity index (χ0v) is 13.5. The molecule has 1 aliphatic heterocycles. The molecule has 1 aromatic carbocycles. The van der Waals surface area contributed by atoms with E-state index in [9.17, 15) is 18.5 Å². The minimum Gasteiger partial charge on any atom is -0.383 e. The van der Waals surface area contributed by atoms with Crippen LogP contribution in [0.15, 0.2) is 24.3 Å². The third kappa shape index (κ3) is 3.12. The first kappa shape index (κ1) is 15.7. The number of hydrogen-bond donors (Lipinski definition) is 1. The van der Waals surface area contributed by atoms with Gasteiger partial charge in [0.25, 0.3) is 5.69 Å². The summed E-state index contributed by atoms with van der Waals surface area (Å²) < 4.78 is 23.8. The first-order valence-corrected chi connectivity index (χ1v) is 9.09. The van der Waals surface area contributed by atoms with Gasteiger partial charge in [0, 0.05) is 35.4 Å². The molecule has 2 heterocycles. The molecule has 1 N–H and O–H groups in total. The number of aromatic nitrogens is 1. The molecule has 1 fully saturated rings. The van der Waals surface area contributed by atoms with Gasteiger partial charge in [0.15, 0.2) is 9.84 Å². The van der Waals surface area contributed by atoms with Crippen LogP contribution in [0.3, 0.4) is 0 Å². The maximum atomic E-state index is 11.9. The molecule has 2 aromatic rings. The number of non-ortho nitro benzene ring substituents is 1. The van der Waals surface area contributed by atoms with Crippen LogP contribution in [0, 0.1) is 17.0 Å². The van der Waals surface area contributed by atoms with E-state index in [1.165, 1.54) is 12.1 Å². The summed E-state index contributed by atoms with van der Waals surface area (Å²) in [6.07, 6.45) is 1.34. The van der Waals surface area contributed by atoms with Crippen LogP contribution >= 0.6 is 0 Å². The van der Waals surface area contributed by atoms with Crippen molar-refractivity contribution in [2.75, 3.05) is 17.6 Å². The van der Waals surface area contributed by atoms with Crippen molar-refractivity contribution in [1.29, 1.82) is 0 Å². The van der Waals surface area contributed by atoms with Crippen molar-refractivity contribution >= 4 is 32.1 Å². The van der Waals surface area contributed by atoms with Crippen molar-refractivity contribution in [2.24, 2.45) is 0 Å². The highest BCUT2D eigenvalue weighted by molar-refractivity contribution is 7.92. The highest BCUT2D eigenvalue weighted by Gasteiger charge is 2.31. The number of fused-ring (bicyclic) bond motifs is 1. The molecule has 0 bridgehead atoms. The van der Waals surface area contributed by atoms with Crippen molar-refractivity contribution < 1.29 is 13.3 Å². The van der Waals surface area contributed by atoms with E-state index in [4.69, 9.17) is 0 Å². The van der Waals surface area contributed by atoms with Gasteiger partial charge < -0.3 is 5.32 Å². The zero-order chi connectivity index (χ0) is 16.6. The number of benzene rings is 1. The molecule has 3 rings (SSSR count). The van der Waals surface area contributed by atoms with Gasteiger partial charge in [-0.3, -0.25) is 15.1 Å². The lowest BCUT2D eigenvalue weighted by molar-refractivity contribution is -0.384. The van der Waals surface area contributed by atoms with Gasteiger partial charge >= 0.3 is 0 Å². The Labute approximate surface area is 133 Å². The molecule has 8 heteroatoms. The average Bonchev–Trinajstić information content (AvgIpc) is 2.82. The van der Waals surface area contributed by atoms with Crippen molar-refractivity contribution in [3.05, 3.63) is 40.1 Å². The number of sulfone groups is 1. The van der Waals surface area contributed by atoms with Crippen LogP contribution in [0.2, 0.25) is 0 Å². The van der Waals surface area contributed by atoms with E-state index in [1.54, 1.807) is 12.1 Å². The Kier molecular flexibility index (Phi) is 3.93. The largest absolute Gasteiger partial charge is 0.383 e. The standard InChI is InChI=1S/C15H17N3O4S/c1-10-7-15(16-9-12-3-2-6-23(12,21)22)13-8-11(18(19)20)4-5-14(13)17-10/h4-5,7-8,12H,2-3,6,9H2,1H3,(H,16,17)/t12-/m1/s1. The number of anilines is 1. The molecule has 0 aliphatic carbocycles. The molecular weight excluding hydrogens is 318 g/mol. The van der Waals surface area contributed by atoms with Gasteiger partial charge in [-0.25, -0.2) is 8.42 Å². The first-order valence-electron chi connectivity index (χ1n) is 7.38. The number of nitrogens with zero attached hydrogens (tertiary/aromatic N) is 2. The molecule has 1 aliphatic rings. The van der Waals surface area contributed by atoms with Crippen LogP contribution in [-0.4, -0.2) is 35.9 Å². The Bertz CT molecular complexity index is 880. The van der Waals surface area contributed by atoms with Crippen molar-refractivity contribution in [2.45, 2.75) is 25.0 Å². The Morgan fingerprint density at radius 3 is 2.83 bits per heavy atom. The Morgan fingerprint density at radius 2 is 2.17 bits per heavy atom. The van der Waals surface area contributed by atoms with Crippen LogP contribution in [0.4, 0.5) is 11.4 Å².